The summed E-state index contributed by atoms with van der Waals surface area (Å²) in [6.45, 7) is 0.290. The number of sulfone groups is 1. The van der Waals surface area contributed by atoms with Crippen LogP contribution in [0.4, 0.5) is 0 Å². The van der Waals surface area contributed by atoms with E-state index in [9.17, 15) is 18.3 Å². The first kappa shape index (κ1) is 15.2. The van der Waals surface area contributed by atoms with Crippen LogP contribution in [0.1, 0.15) is 16.8 Å². The molecule has 1 aromatic carbocycles. The van der Waals surface area contributed by atoms with Gasteiger partial charge in [0.15, 0.2) is 0 Å². The first-order valence-corrected chi connectivity index (χ1v) is 8.38. The van der Waals surface area contributed by atoms with Crippen LogP contribution in [-0.2, 0) is 9.84 Å². The van der Waals surface area contributed by atoms with Crippen molar-refractivity contribution in [2.45, 2.75) is 6.42 Å². The number of halogens is 1. The number of rotatable bonds is 5. The molecule has 0 heterocycles. The van der Waals surface area contributed by atoms with Gasteiger partial charge in [0.05, 0.1) is 9.32 Å². The molecule has 0 radical (unpaired) electrons. The number of hydrogen-bond donors (Lipinski definition) is 2. The molecule has 5 nitrogen and oxygen atoms in total. The summed E-state index contributed by atoms with van der Waals surface area (Å²) in [4.78, 5) is 11.7. The van der Waals surface area contributed by atoms with Gasteiger partial charge in [-0.3, -0.25) is 4.79 Å². The minimum Gasteiger partial charge on any atom is -0.507 e. The van der Waals surface area contributed by atoms with Crippen molar-refractivity contribution in [3.63, 3.8) is 0 Å². The zero-order chi connectivity index (χ0) is 13.8. The van der Waals surface area contributed by atoms with Crippen molar-refractivity contribution < 1.29 is 18.3 Å². The largest absolute Gasteiger partial charge is 0.507 e. The van der Waals surface area contributed by atoms with Crippen LogP contribution in [0.15, 0.2) is 18.2 Å². The first-order chi connectivity index (χ1) is 8.29. The van der Waals surface area contributed by atoms with Crippen LogP contribution in [0.3, 0.4) is 0 Å². The molecule has 18 heavy (non-hydrogen) atoms. The number of benzene rings is 1. The topological polar surface area (TPSA) is 83.5 Å². The lowest BCUT2D eigenvalue weighted by atomic mass is 10.2. The third kappa shape index (κ3) is 5.21. The summed E-state index contributed by atoms with van der Waals surface area (Å²) < 4.78 is 22.4. The molecule has 100 valence electrons. The van der Waals surface area contributed by atoms with Crippen LogP contribution >= 0.6 is 22.6 Å². The highest BCUT2D eigenvalue weighted by Crippen LogP contribution is 2.20. The van der Waals surface area contributed by atoms with Crippen molar-refractivity contribution in [3.05, 3.63) is 27.3 Å². The predicted molar refractivity (Wildman–Crippen MR) is 77.5 cm³/mol. The average molecular weight is 383 g/mol. The Morgan fingerprint density at radius 1 is 1.44 bits per heavy atom. The highest BCUT2D eigenvalue weighted by atomic mass is 127. The summed E-state index contributed by atoms with van der Waals surface area (Å²) in [7, 11) is -2.99. The molecule has 0 fully saturated rings. The van der Waals surface area contributed by atoms with Crippen LogP contribution in [-0.4, -0.2) is 38.0 Å². The molecule has 0 bridgehead atoms. The summed E-state index contributed by atoms with van der Waals surface area (Å²) in [5, 5.41) is 12.1. The molecule has 0 aromatic heterocycles. The Morgan fingerprint density at radius 2 is 2.11 bits per heavy atom. The molecule has 7 heteroatoms. The van der Waals surface area contributed by atoms with Gasteiger partial charge in [-0.05, 0) is 47.2 Å². The maximum atomic E-state index is 11.7. The van der Waals surface area contributed by atoms with Gasteiger partial charge in [-0.2, -0.15) is 0 Å². The first-order valence-electron chi connectivity index (χ1n) is 5.24. The van der Waals surface area contributed by atoms with E-state index >= 15 is 0 Å². The van der Waals surface area contributed by atoms with E-state index < -0.39 is 9.84 Å². The van der Waals surface area contributed by atoms with Gasteiger partial charge in [0.1, 0.15) is 15.6 Å². The Hall–Kier alpha value is -0.830. The van der Waals surface area contributed by atoms with E-state index in [1.807, 2.05) is 22.6 Å². The molecular formula is C11H14INO4S. The molecule has 1 aromatic rings. The maximum Gasteiger partial charge on any atom is 0.251 e. The van der Waals surface area contributed by atoms with Gasteiger partial charge in [-0.1, -0.05) is 0 Å². The summed E-state index contributed by atoms with van der Waals surface area (Å²) >= 11 is 1.96. The minimum absolute atomic E-state index is 0.0468. The second-order valence-electron chi connectivity index (χ2n) is 3.91. The summed E-state index contributed by atoms with van der Waals surface area (Å²) in [5.41, 5.74) is 0.354. The fourth-order valence-electron chi connectivity index (χ4n) is 1.29. The third-order valence-electron chi connectivity index (χ3n) is 2.19. The monoisotopic (exact) mass is 383 g/mol. The van der Waals surface area contributed by atoms with Crippen molar-refractivity contribution >= 4 is 38.3 Å². The van der Waals surface area contributed by atoms with Crippen LogP contribution in [0.5, 0.6) is 5.75 Å². The number of nitrogens with one attached hydrogen (secondary N) is 1. The van der Waals surface area contributed by atoms with E-state index in [0.717, 1.165) is 6.26 Å². The van der Waals surface area contributed by atoms with Crippen LogP contribution in [0, 0.1) is 3.57 Å². The Kier molecular flexibility index (Phi) is 5.39. The van der Waals surface area contributed by atoms with Crippen LogP contribution < -0.4 is 5.32 Å². The highest BCUT2D eigenvalue weighted by Gasteiger charge is 2.08. The number of phenols is 1. The Morgan fingerprint density at radius 3 is 2.67 bits per heavy atom. The molecule has 0 atom stereocenters. The van der Waals surface area contributed by atoms with Gasteiger partial charge < -0.3 is 10.4 Å². The number of amides is 1. The Labute approximate surface area is 120 Å². The minimum atomic E-state index is -2.99. The van der Waals surface area contributed by atoms with Gasteiger partial charge in [0.25, 0.3) is 5.91 Å². The Bertz CT molecular complexity index is 542. The lowest BCUT2D eigenvalue weighted by Gasteiger charge is -2.05. The Balaban J connectivity index is 2.48. The molecule has 0 saturated carbocycles. The van der Waals surface area contributed by atoms with Crippen molar-refractivity contribution in [3.8, 4) is 5.75 Å². The SMILES string of the molecule is CS(=O)(=O)CCCNC(=O)c1ccc(I)c(O)c1. The lowest BCUT2D eigenvalue weighted by molar-refractivity contribution is 0.0953. The zero-order valence-electron chi connectivity index (χ0n) is 9.81. The summed E-state index contributed by atoms with van der Waals surface area (Å²) in [6, 6.07) is 4.63. The van der Waals surface area contributed by atoms with E-state index in [0.29, 0.717) is 22.1 Å². The highest BCUT2D eigenvalue weighted by molar-refractivity contribution is 14.1. The van der Waals surface area contributed by atoms with Gasteiger partial charge in [-0.25, -0.2) is 8.42 Å². The van der Waals surface area contributed by atoms with Gasteiger partial charge in [-0.15, -0.1) is 0 Å². The molecule has 1 amide bonds. The zero-order valence-corrected chi connectivity index (χ0v) is 12.8. The smallest absolute Gasteiger partial charge is 0.251 e. The molecular weight excluding hydrogens is 369 g/mol. The fourth-order valence-corrected chi connectivity index (χ4v) is 2.30. The van der Waals surface area contributed by atoms with E-state index in [1.54, 1.807) is 12.1 Å². The number of phenolic OH excluding ortho intramolecular Hbond substituents is 1. The summed E-state index contributed by atoms with van der Waals surface area (Å²) in [6.07, 6.45) is 1.53. The van der Waals surface area contributed by atoms with Crippen molar-refractivity contribution in [2.75, 3.05) is 18.6 Å². The second-order valence-corrected chi connectivity index (χ2v) is 7.33. The van der Waals surface area contributed by atoms with Crippen molar-refractivity contribution in [1.82, 2.24) is 5.32 Å². The molecule has 2 N–H and O–H groups in total. The number of carbonyl (C=O) groups excluding carboxylic acids is 1. The summed E-state index contributed by atoms with van der Waals surface area (Å²) in [5.74, 6) is -0.222. The molecule has 0 spiro atoms. The third-order valence-corrected chi connectivity index (χ3v) is 4.13. The number of hydrogen-bond acceptors (Lipinski definition) is 4. The van der Waals surface area contributed by atoms with Crippen molar-refractivity contribution in [1.29, 1.82) is 0 Å². The molecule has 0 aliphatic heterocycles. The molecule has 0 aliphatic carbocycles. The molecule has 0 saturated heterocycles. The van der Waals surface area contributed by atoms with E-state index in [2.05, 4.69) is 5.32 Å². The van der Waals surface area contributed by atoms with Crippen molar-refractivity contribution in [2.24, 2.45) is 0 Å². The molecule has 0 aliphatic rings. The van der Waals surface area contributed by atoms with Gasteiger partial charge in [0.2, 0.25) is 0 Å². The maximum absolute atomic E-state index is 11.7. The predicted octanol–water partition coefficient (Wildman–Crippen LogP) is 1.16. The lowest BCUT2D eigenvalue weighted by Crippen LogP contribution is -2.25. The van der Waals surface area contributed by atoms with Gasteiger partial charge >= 0.3 is 0 Å². The van der Waals surface area contributed by atoms with E-state index in [-0.39, 0.29) is 17.4 Å². The van der Waals surface area contributed by atoms with E-state index in [4.69, 9.17) is 0 Å². The molecule has 1 rings (SSSR count). The quantitative estimate of drug-likeness (QED) is 0.591. The second kappa shape index (κ2) is 6.37. The van der Waals surface area contributed by atoms with Gasteiger partial charge in [0, 0.05) is 18.4 Å². The molecule has 0 unspecified atom stereocenters. The number of aromatic hydroxyl groups is 1. The van der Waals surface area contributed by atoms with Crippen LogP contribution in [0.2, 0.25) is 0 Å². The average Bonchev–Trinajstić information content (AvgIpc) is 2.26. The normalized spacial score (nSPS) is 11.2. The van der Waals surface area contributed by atoms with E-state index in [1.165, 1.54) is 6.07 Å². The number of carbonyl (C=O) groups is 1. The standard InChI is InChI=1S/C11H14INO4S/c1-18(16,17)6-2-5-13-11(15)8-3-4-9(12)10(14)7-8/h3-4,7,14H,2,5-6H2,1H3,(H,13,15). The van der Waals surface area contributed by atoms with Crippen LogP contribution in [0.25, 0.3) is 0 Å². The fraction of sp³-hybridized carbons (Fsp3) is 0.364.